The lowest BCUT2D eigenvalue weighted by Crippen LogP contribution is -1.92. The zero-order chi connectivity index (χ0) is 13.1. The van der Waals surface area contributed by atoms with Gasteiger partial charge in [0.25, 0.3) is 0 Å². The molecule has 4 heteroatoms. The molecule has 2 rings (SSSR count). The van der Waals surface area contributed by atoms with Crippen LogP contribution in [0.25, 0.3) is 0 Å². The summed E-state index contributed by atoms with van der Waals surface area (Å²) < 4.78 is 19.3. The fraction of sp³-hybridized carbons (Fsp3) is 0.143. The van der Waals surface area contributed by atoms with Crippen molar-refractivity contribution in [2.45, 2.75) is 13.0 Å². The molecule has 0 fully saturated rings. The van der Waals surface area contributed by atoms with Crippen LogP contribution in [-0.4, -0.2) is 5.11 Å². The third kappa shape index (κ3) is 3.09. The zero-order valence-electron chi connectivity index (χ0n) is 9.73. The molecule has 0 saturated carbocycles. The Kier molecular flexibility index (Phi) is 3.99. The molecular weight excluding hydrogens is 299 g/mol. The molecule has 0 amide bonds. The molecule has 0 aliphatic carbocycles. The molecule has 2 aromatic carbocycles. The number of hydrogen-bond donors (Lipinski definition) is 1. The van der Waals surface area contributed by atoms with Gasteiger partial charge in [0.1, 0.15) is 17.3 Å². The number of halogens is 2. The van der Waals surface area contributed by atoms with Crippen molar-refractivity contribution in [3.05, 3.63) is 58.3 Å². The Balaban J connectivity index is 2.24. The molecule has 0 heterocycles. The lowest BCUT2D eigenvalue weighted by atomic mass is 10.1. The topological polar surface area (TPSA) is 29.5 Å². The molecule has 0 aromatic heterocycles. The van der Waals surface area contributed by atoms with Gasteiger partial charge in [0.15, 0.2) is 0 Å². The third-order valence-electron chi connectivity index (χ3n) is 2.46. The molecule has 18 heavy (non-hydrogen) atoms. The molecule has 0 saturated heterocycles. The lowest BCUT2D eigenvalue weighted by Gasteiger charge is -2.10. The highest BCUT2D eigenvalue weighted by Crippen LogP contribution is 2.32. The molecule has 1 atom stereocenters. The van der Waals surface area contributed by atoms with Gasteiger partial charge in [0.05, 0.1) is 10.6 Å². The number of ether oxygens (including phenoxy) is 1. The fourth-order valence-electron chi connectivity index (χ4n) is 1.52. The van der Waals surface area contributed by atoms with E-state index >= 15 is 0 Å². The summed E-state index contributed by atoms with van der Waals surface area (Å²) in [5.74, 6) is 0.662. The Labute approximate surface area is 113 Å². The summed E-state index contributed by atoms with van der Waals surface area (Å²) in [6.07, 6.45) is -0.537. The molecule has 0 bridgehead atoms. The number of aliphatic hydroxyl groups is 1. The van der Waals surface area contributed by atoms with Gasteiger partial charge in [0.2, 0.25) is 0 Å². The molecule has 0 radical (unpaired) electrons. The van der Waals surface area contributed by atoms with Gasteiger partial charge in [-0.1, -0.05) is 12.1 Å². The second-order valence-electron chi connectivity index (χ2n) is 3.93. The normalized spacial score (nSPS) is 12.2. The highest BCUT2D eigenvalue weighted by Gasteiger charge is 2.07. The van der Waals surface area contributed by atoms with Crippen molar-refractivity contribution >= 4 is 15.9 Å². The lowest BCUT2D eigenvalue weighted by molar-refractivity contribution is 0.199. The molecule has 0 aliphatic rings. The predicted octanol–water partition coefficient (Wildman–Crippen LogP) is 4.43. The van der Waals surface area contributed by atoms with Gasteiger partial charge in [-0.15, -0.1) is 0 Å². The SMILES string of the molecule is C[C@@H](O)c1ccc(Oc2cccc(F)c2)c(Br)c1. The molecule has 2 nitrogen and oxygen atoms in total. The first-order chi connectivity index (χ1) is 8.56. The molecule has 0 aliphatic heterocycles. The van der Waals surface area contributed by atoms with Gasteiger partial charge in [-0.3, -0.25) is 0 Å². The van der Waals surface area contributed by atoms with Crippen molar-refractivity contribution in [3.63, 3.8) is 0 Å². The van der Waals surface area contributed by atoms with E-state index in [0.29, 0.717) is 16.0 Å². The van der Waals surface area contributed by atoms with Crippen LogP contribution in [0.4, 0.5) is 4.39 Å². The van der Waals surface area contributed by atoms with Crippen LogP contribution in [0, 0.1) is 5.82 Å². The van der Waals surface area contributed by atoms with Crippen LogP contribution < -0.4 is 4.74 Å². The summed E-state index contributed by atoms with van der Waals surface area (Å²) in [6, 6.07) is 11.2. The maximum Gasteiger partial charge on any atom is 0.141 e. The van der Waals surface area contributed by atoms with Crippen LogP contribution in [-0.2, 0) is 0 Å². The van der Waals surface area contributed by atoms with Gasteiger partial charge in [-0.2, -0.15) is 0 Å². The summed E-state index contributed by atoms with van der Waals surface area (Å²) in [5.41, 5.74) is 0.786. The fourth-order valence-corrected chi connectivity index (χ4v) is 1.99. The van der Waals surface area contributed by atoms with Gasteiger partial charge in [-0.25, -0.2) is 4.39 Å². The summed E-state index contributed by atoms with van der Waals surface area (Å²) in [5, 5.41) is 9.45. The average Bonchev–Trinajstić information content (AvgIpc) is 2.31. The first-order valence-electron chi connectivity index (χ1n) is 5.47. The number of benzene rings is 2. The molecule has 1 N–H and O–H groups in total. The average molecular weight is 311 g/mol. The van der Waals surface area contributed by atoms with Crippen molar-refractivity contribution in [1.82, 2.24) is 0 Å². The smallest absolute Gasteiger partial charge is 0.141 e. The Morgan fingerprint density at radius 1 is 1.22 bits per heavy atom. The molecule has 2 aromatic rings. The zero-order valence-corrected chi connectivity index (χ0v) is 11.3. The van der Waals surface area contributed by atoms with Crippen LogP contribution in [0.15, 0.2) is 46.9 Å². The van der Waals surface area contributed by atoms with Gasteiger partial charge < -0.3 is 9.84 Å². The van der Waals surface area contributed by atoms with E-state index in [9.17, 15) is 9.50 Å². The van der Waals surface area contributed by atoms with Crippen molar-refractivity contribution in [2.24, 2.45) is 0 Å². The van der Waals surface area contributed by atoms with Crippen molar-refractivity contribution < 1.29 is 14.2 Å². The minimum absolute atomic E-state index is 0.343. The van der Waals surface area contributed by atoms with E-state index in [2.05, 4.69) is 15.9 Å². The van der Waals surface area contributed by atoms with E-state index in [-0.39, 0.29) is 5.82 Å². The largest absolute Gasteiger partial charge is 0.456 e. The maximum atomic E-state index is 13.0. The first kappa shape index (κ1) is 13.1. The second kappa shape index (κ2) is 5.50. The first-order valence-corrected chi connectivity index (χ1v) is 6.26. The number of aliphatic hydroxyl groups excluding tert-OH is 1. The van der Waals surface area contributed by atoms with Gasteiger partial charge in [-0.05, 0) is 52.7 Å². The number of rotatable bonds is 3. The Hall–Kier alpha value is -1.39. The Bertz CT molecular complexity index is 555. The molecule has 94 valence electrons. The Morgan fingerprint density at radius 2 is 2.00 bits per heavy atom. The van der Waals surface area contributed by atoms with E-state index in [1.165, 1.54) is 12.1 Å². The van der Waals surface area contributed by atoms with E-state index in [0.717, 1.165) is 5.56 Å². The van der Waals surface area contributed by atoms with Crippen molar-refractivity contribution in [2.75, 3.05) is 0 Å². The Morgan fingerprint density at radius 3 is 2.61 bits per heavy atom. The summed E-state index contributed by atoms with van der Waals surface area (Å²) in [4.78, 5) is 0. The van der Waals surface area contributed by atoms with Crippen LogP contribution >= 0.6 is 15.9 Å². The van der Waals surface area contributed by atoms with Gasteiger partial charge in [0, 0.05) is 6.07 Å². The van der Waals surface area contributed by atoms with E-state index in [1.54, 1.807) is 37.3 Å². The van der Waals surface area contributed by atoms with E-state index < -0.39 is 6.10 Å². The highest BCUT2D eigenvalue weighted by molar-refractivity contribution is 9.10. The monoisotopic (exact) mass is 310 g/mol. The van der Waals surface area contributed by atoms with E-state index in [4.69, 9.17) is 4.74 Å². The van der Waals surface area contributed by atoms with Crippen molar-refractivity contribution in [3.8, 4) is 11.5 Å². The van der Waals surface area contributed by atoms with E-state index in [1.807, 2.05) is 0 Å². The number of hydrogen-bond acceptors (Lipinski definition) is 2. The summed E-state index contributed by atoms with van der Waals surface area (Å²) >= 11 is 3.36. The minimum atomic E-state index is -0.537. The highest BCUT2D eigenvalue weighted by atomic mass is 79.9. The maximum absolute atomic E-state index is 13.0. The van der Waals surface area contributed by atoms with Crippen LogP contribution in [0.1, 0.15) is 18.6 Å². The standard InChI is InChI=1S/C14H12BrFO2/c1-9(17)10-5-6-14(13(15)7-10)18-12-4-2-3-11(16)8-12/h2-9,17H,1H3/t9-/m1/s1. The molecular formula is C14H12BrFO2. The predicted molar refractivity (Wildman–Crippen MR) is 71.2 cm³/mol. The summed E-state index contributed by atoms with van der Waals surface area (Å²) in [7, 11) is 0. The van der Waals surface area contributed by atoms with Crippen LogP contribution in [0.2, 0.25) is 0 Å². The second-order valence-corrected chi connectivity index (χ2v) is 4.78. The summed E-state index contributed by atoms with van der Waals surface area (Å²) in [6.45, 7) is 1.69. The minimum Gasteiger partial charge on any atom is -0.456 e. The van der Waals surface area contributed by atoms with Crippen LogP contribution in [0.3, 0.4) is 0 Å². The van der Waals surface area contributed by atoms with Crippen LogP contribution in [0.5, 0.6) is 11.5 Å². The third-order valence-corrected chi connectivity index (χ3v) is 3.08. The molecule has 0 unspecified atom stereocenters. The molecule has 0 spiro atoms. The quantitative estimate of drug-likeness (QED) is 0.908. The van der Waals surface area contributed by atoms with Crippen molar-refractivity contribution in [1.29, 1.82) is 0 Å². The van der Waals surface area contributed by atoms with Gasteiger partial charge >= 0.3 is 0 Å².